The molecule has 2 aromatic carbocycles. The molecule has 0 aromatic heterocycles. The number of nitrogens with one attached hydrogen (secondary N) is 1. The fourth-order valence-corrected chi connectivity index (χ4v) is 3.04. The van der Waals surface area contributed by atoms with Crippen molar-refractivity contribution in [3.05, 3.63) is 65.7 Å². The Bertz CT molecular complexity index is 806. The van der Waals surface area contributed by atoms with Crippen LogP contribution in [0.2, 0.25) is 0 Å². The van der Waals surface area contributed by atoms with Gasteiger partial charge in [0.1, 0.15) is 0 Å². The Balaban J connectivity index is 2.18. The molecule has 1 N–H and O–H groups in total. The Morgan fingerprint density at radius 1 is 1.09 bits per heavy atom. The van der Waals surface area contributed by atoms with E-state index in [2.05, 4.69) is 4.72 Å². The summed E-state index contributed by atoms with van der Waals surface area (Å²) >= 11 is 0. The van der Waals surface area contributed by atoms with Crippen molar-refractivity contribution in [1.29, 1.82) is 0 Å². The van der Waals surface area contributed by atoms with Crippen LogP contribution in [0.15, 0.2) is 59.5 Å². The molecular weight excluding hydrogens is 298 g/mol. The standard InChI is InChI=1S/C17H17NO3S/c1-13-4-3-5-17(12-13)22(20,21)18-16-10-8-15(9-11-16)7-6-14(2)19/h3-12,18H,1-2H3/b7-6+. The van der Waals surface area contributed by atoms with Crippen LogP contribution in [0.25, 0.3) is 6.08 Å². The second-order valence-electron chi connectivity index (χ2n) is 4.99. The van der Waals surface area contributed by atoms with Gasteiger partial charge in [-0.05, 0) is 55.3 Å². The molecule has 5 heteroatoms. The molecular formula is C17H17NO3S. The average Bonchev–Trinajstić information content (AvgIpc) is 2.46. The van der Waals surface area contributed by atoms with E-state index in [-0.39, 0.29) is 10.7 Å². The van der Waals surface area contributed by atoms with Gasteiger partial charge >= 0.3 is 0 Å². The summed E-state index contributed by atoms with van der Waals surface area (Å²) in [6, 6.07) is 13.5. The topological polar surface area (TPSA) is 63.2 Å². The van der Waals surface area contributed by atoms with Gasteiger partial charge in [0.2, 0.25) is 0 Å². The number of carbonyl (C=O) groups is 1. The number of anilines is 1. The lowest BCUT2D eigenvalue weighted by atomic mass is 10.2. The Kier molecular flexibility index (Phi) is 4.78. The van der Waals surface area contributed by atoms with Crippen molar-refractivity contribution in [2.75, 3.05) is 4.72 Å². The van der Waals surface area contributed by atoms with Crippen molar-refractivity contribution in [3.8, 4) is 0 Å². The summed E-state index contributed by atoms with van der Waals surface area (Å²) in [4.78, 5) is 11.1. The highest BCUT2D eigenvalue weighted by molar-refractivity contribution is 7.92. The summed E-state index contributed by atoms with van der Waals surface area (Å²) in [5.74, 6) is -0.0378. The minimum atomic E-state index is -3.60. The minimum absolute atomic E-state index is 0.0378. The van der Waals surface area contributed by atoms with Crippen LogP contribution in [0.3, 0.4) is 0 Å². The minimum Gasteiger partial charge on any atom is -0.295 e. The van der Waals surface area contributed by atoms with Gasteiger partial charge in [-0.15, -0.1) is 0 Å². The summed E-state index contributed by atoms with van der Waals surface area (Å²) in [7, 11) is -3.60. The molecule has 0 radical (unpaired) electrons. The summed E-state index contributed by atoms with van der Waals surface area (Å²) in [5, 5.41) is 0. The van der Waals surface area contributed by atoms with Crippen molar-refractivity contribution in [2.45, 2.75) is 18.7 Å². The van der Waals surface area contributed by atoms with Crippen molar-refractivity contribution < 1.29 is 13.2 Å². The molecule has 4 nitrogen and oxygen atoms in total. The molecule has 0 unspecified atom stereocenters. The molecule has 0 heterocycles. The van der Waals surface area contributed by atoms with Gasteiger partial charge in [0.05, 0.1) is 4.90 Å². The van der Waals surface area contributed by atoms with E-state index in [1.165, 1.54) is 13.0 Å². The average molecular weight is 315 g/mol. The Labute approximate surface area is 130 Å². The quantitative estimate of drug-likeness (QED) is 0.860. The van der Waals surface area contributed by atoms with Crippen LogP contribution in [0.5, 0.6) is 0 Å². The fraction of sp³-hybridized carbons (Fsp3) is 0.118. The fourth-order valence-electron chi connectivity index (χ4n) is 1.87. The summed E-state index contributed by atoms with van der Waals surface area (Å²) in [6.07, 6.45) is 3.15. The Hall–Kier alpha value is -2.40. The number of carbonyl (C=O) groups excluding carboxylic acids is 1. The van der Waals surface area contributed by atoms with Crippen LogP contribution in [0.1, 0.15) is 18.1 Å². The molecule has 0 amide bonds. The van der Waals surface area contributed by atoms with Crippen molar-refractivity contribution in [3.63, 3.8) is 0 Å². The summed E-state index contributed by atoms with van der Waals surface area (Å²) in [6.45, 7) is 3.32. The van der Waals surface area contributed by atoms with Gasteiger partial charge in [0.25, 0.3) is 10.0 Å². The number of aryl methyl sites for hydroxylation is 1. The number of rotatable bonds is 5. The second kappa shape index (κ2) is 6.58. The van der Waals surface area contributed by atoms with Gasteiger partial charge in [0.15, 0.2) is 5.78 Å². The molecule has 0 fully saturated rings. The largest absolute Gasteiger partial charge is 0.295 e. The highest BCUT2D eigenvalue weighted by Gasteiger charge is 2.13. The van der Waals surface area contributed by atoms with Gasteiger partial charge in [-0.2, -0.15) is 0 Å². The van der Waals surface area contributed by atoms with Crippen LogP contribution >= 0.6 is 0 Å². The van der Waals surface area contributed by atoms with Crippen LogP contribution in [-0.4, -0.2) is 14.2 Å². The maximum atomic E-state index is 12.3. The highest BCUT2D eigenvalue weighted by atomic mass is 32.2. The lowest BCUT2D eigenvalue weighted by Crippen LogP contribution is -2.12. The molecule has 2 rings (SSSR count). The molecule has 0 saturated heterocycles. The SMILES string of the molecule is CC(=O)/C=C/c1ccc(NS(=O)(=O)c2cccc(C)c2)cc1. The molecule has 2 aromatic rings. The normalized spacial score (nSPS) is 11.5. The first-order valence-electron chi connectivity index (χ1n) is 6.75. The molecule has 0 aliphatic rings. The summed E-state index contributed by atoms with van der Waals surface area (Å²) < 4.78 is 27.1. The van der Waals surface area contributed by atoms with Crippen LogP contribution in [0.4, 0.5) is 5.69 Å². The molecule has 0 atom stereocenters. The zero-order valence-electron chi connectivity index (χ0n) is 12.4. The van der Waals surface area contributed by atoms with E-state index < -0.39 is 10.0 Å². The Morgan fingerprint density at radius 2 is 1.77 bits per heavy atom. The summed E-state index contributed by atoms with van der Waals surface area (Å²) in [5.41, 5.74) is 2.18. The van der Waals surface area contributed by atoms with E-state index in [9.17, 15) is 13.2 Å². The van der Waals surface area contributed by atoms with Crippen LogP contribution in [-0.2, 0) is 14.8 Å². The first-order chi connectivity index (χ1) is 10.4. The predicted molar refractivity (Wildman–Crippen MR) is 88.1 cm³/mol. The van der Waals surface area contributed by atoms with Crippen molar-refractivity contribution >= 4 is 27.6 Å². The van der Waals surface area contributed by atoms with Gasteiger partial charge in [-0.25, -0.2) is 8.42 Å². The van der Waals surface area contributed by atoms with E-state index in [0.29, 0.717) is 5.69 Å². The molecule has 0 bridgehead atoms. The second-order valence-corrected chi connectivity index (χ2v) is 6.67. The smallest absolute Gasteiger partial charge is 0.261 e. The van der Waals surface area contributed by atoms with E-state index in [1.54, 1.807) is 48.5 Å². The first-order valence-corrected chi connectivity index (χ1v) is 8.23. The lowest BCUT2D eigenvalue weighted by molar-refractivity contribution is -0.112. The maximum Gasteiger partial charge on any atom is 0.261 e. The highest BCUT2D eigenvalue weighted by Crippen LogP contribution is 2.18. The predicted octanol–water partition coefficient (Wildman–Crippen LogP) is 3.40. The van der Waals surface area contributed by atoms with Crippen LogP contribution < -0.4 is 4.72 Å². The third-order valence-electron chi connectivity index (χ3n) is 2.97. The zero-order chi connectivity index (χ0) is 16.2. The lowest BCUT2D eigenvalue weighted by Gasteiger charge is -2.08. The molecule has 0 aliphatic heterocycles. The third-order valence-corrected chi connectivity index (χ3v) is 4.35. The van der Waals surface area contributed by atoms with Gasteiger partial charge in [-0.1, -0.05) is 30.3 Å². The number of ketones is 1. The monoisotopic (exact) mass is 315 g/mol. The number of hydrogen-bond acceptors (Lipinski definition) is 3. The third kappa shape index (κ3) is 4.30. The first kappa shape index (κ1) is 16.0. The van der Waals surface area contributed by atoms with Crippen molar-refractivity contribution in [2.24, 2.45) is 0 Å². The van der Waals surface area contributed by atoms with E-state index in [4.69, 9.17) is 0 Å². The molecule has 0 aliphatic carbocycles. The maximum absolute atomic E-state index is 12.3. The van der Waals surface area contributed by atoms with Crippen LogP contribution in [0, 0.1) is 6.92 Å². The number of allylic oxidation sites excluding steroid dienone is 1. The molecule has 0 spiro atoms. The number of sulfonamides is 1. The van der Waals surface area contributed by atoms with Crippen molar-refractivity contribution in [1.82, 2.24) is 0 Å². The van der Waals surface area contributed by atoms with Gasteiger partial charge in [-0.3, -0.25) is 9.52 Å². The van der Waals surface area contributed by atoms with Gasteiger partial charge in [0, 0.05) is 5.69 Å². The van der Waals surface area contributed by atoms with E-state index in [0.717, 1.165) is 11.1 Å². The molecule has 114 valence electrons. The molecule has 22 heavy (non-hydrogen) atoms. The zero-order valence-corrected chi connectivity index (χ0v) is 13.2. The Morgan fingerprint density at radius 3 is 2.36 bits per heavy atom. The molecule has 0 saturated carbocycles. The number of benzene rings is 2. The number of hydrogen-bond donors (Lipinski definition) is 1. The van der Waals surface area contributed by atoms with Gasteiger partial charge < -0.3 is 0 Å². The van der Waals surface area contributed by atoms with E-state index in [1.807, 2.05) is 13.0 Å². The van der Waals surface area contributed by atoms with E-state index >= 15 is 0 Å².